The smallest absolute Gasteiger partial charge is 0.326 e. The third-order valence-corrected chi connectivity index (χ3v) is 2.90. The fourth-order valence-electron chi connectivity index (χ4n) is 2.07. The molecule has 0 unspecified atom stereocenters. The molecule has 16 heavy (non-hydrogen) atoms. The topological polar surface area (TPSA) is 29.3 Å². The Labute approximate surface area is 90.6 Å². The Kier molecular flexibility index (Phi) is 3.50. The molecule has 1 fully saturated rings. The van der Waals surface area contributed by atoms with Gasteiger partial charge in [0, 0.05) is 18.6 Å². The highest BCUT2D eigenvalue weighted by atomic mass is 19.4. The molecule has 2 nitrogen and oxygen atoms in total. The van der Waals surface area contributed by atoms with Gasteiger partial charge in [0.05, 0.1) is 6.04 Å². The molecule has 1 rings (SSSR count). The standard InChI is InChI=1S/C9H15F5N2/c1-5(2)16-4-3-6(15)7(16)8(10,11)9(12,13)14/h5-7H,3-4,15H2,1-2H3/t6-,7-/m0/s1. The first-order valence-electron chi connectivity index (χ1n) is 5.05. The van der Waals surface area contributed by atoms with E-state index in [4.69, 9.17) is 5.73 Å². The van der Waals surface area contributed by atoms with E-state index in [2.05, 4.69) is 0 Å². The lowest BCUT2D eigenvalue weighted by Gasteiger charge is -2.36. The van der Waals surface area contributed by atoms with E-state index < -0.39 is 24.2 Å². The Balaban J connectivity index is 2.99. The summed E-state index contributed by atoms with van der Waals surface area (Å²) in [5.74, 6) is -4.76. The van der Waals surface area contributed by atoms with Crippen LogP contribution in [-0.2, 0) is 0 Å². The number of alkyl halides is 5. The molecule has 0 aliphatic carbocycles. The van der Waals surface area contributed by atoms with Gasteiger partial charge in [-0.25, -0.2) is 0 Å². The summed E-state index contributed by atoms with van der Waals surface area (Å²) in [4.78, 5) is 1.12. The maximum atomic E-state index is 13.2. The molecule has 96 valence electrons. The average Bonchev–Trinajstić information content (AvgIpc) is 2.45. The fourth-order valence-corrected chi connectivity index (χ4v) is 2.07. The van der Waals surface area contributed by atoms with Crippen molar-refractivity contribution in [3.05, 3.63) is 0 Å². The van der Waals surface area contributed by atoms with Crippen LogP contribution in [0, 0.1) is 0 Å². The fraction of sp³-hybridized carbons (Fsp3) is 1.00. The van der Waals surface area contributed by atoms with Crippen LogP contribution in [0.3, 0.4) is 0 Å². The minimum absolute atomic E-state index is 0.161. The Morgan fingerprint density at radius 1 is 1.19 bits per heavy atom. The number of hydrogen-bond donors (Lipinski definition) is 1. The normalized spacial score (nSPS) is 29.1. The van der Waals surface area contributed by atoms with Gasteiger partial charge in [0.1, 0.15) is 0 Å². The third kappa shape index (κ3) is 2.15. The van der Waals surface area contributed by atoms with Gasteiger partial charge in [0.25, 0.3) is 0 Å². The van der Waals surface area contributed by atoms with Crippen molar-refractivity contribution in [3.63, 3.8) is 0 Å². The average molecular weight is 246 g/mol. The summed E-state index contributed by atoms with van der Waals surface area (Å²) in [6, 6.07) is -3.47. The quantitative estimate of drug-likeness (QED) is 0.755. The van der Waals surface area contributed by atoms with Crippen molar-refractivity contribution in [1.82, 2.24) is 4.90 Å². The van der Waals surface area contributed by atoms with Crippen molar-refractivity contribution in [1.29, 1.82) is 0 Å². The summed E-state index contributed by atoms with van der Waals surface area (Å²) in [7, 11) is 0. The molecule has 7 heteroatoms. The van der Waals surface area contributed by atoms with E-state index >= 15 is 0 Å². The molecule has 1 aliphatic heterocycles. The van der Waals surface area contributed by atoms with Gasteiger partial charge in [-0.1, -0.05) is 0 Å². The predicted molar refractivity (Wildman–Crippen MR) is 49.2 cm³/mol. The van der Waals surface area contributed by atoms with Crippen molar-refractivity contribution in [2.75, 3.05) is 6.54 Å². The maximum absolute atomic E-state index is 13.2. The molecule has 0 bridgehead atoms. The Morgan fingerprint density at radius 2 is 1.69 bits per heavy atom. The maximum Gasteiger partial charge on any atom is 0.455 e. The second-order valence-corrected chi connectivity index (χ2v) is 4.35. The predicted octanol–water partition coefficient (Wildman–Crippen LogP) is 1.99. The van der Waals surface area contributed by atoms with E-state index in [0.717, 1.165) is 4.90 Å². The second kappa shape index (κ2) is 4.10. The lowest BCUT2D eigenvalue weighted by Crippen LogP contribution is -2.59. The van der Waals surface area contributed by atoms with Gasteiger partial charge in [0.2, 0.25) is 0 Å². The Bertz CT molecular complexity index is 251. The van der Waals surface area contributed by atoms with Gasteiger partial charge in [0.15, 0.2) is 0 Å². The van der Waals surface area contributed by atoms with Crippen LogP contribution in [0.1, 0.15) is 20.3 Å². The van der Waals surface area contributed by atoms with E-state index in [1.54, 1.807) is 13.8 Å². The molecular weight excluding hydrogens is 231 g/mol. The molecule has 0 aromatic heterocycles. The monoisotopic (exact) mass is 246 g/mol. The number of hydrogen-bond acceptors (Lipinski definition) is 2. The zero-order valence-electron chi connectivity index (χ0n) is 9.06. The molecule has 2 atom stereocenters. The van der Waals surface area contributed by atoms with Gasteiger partial charge in [-0.15, -0.1) is 0 Å². The van der Waals surface area contributed by atoms with E-state index in [9.17, 15) is 22.0 Å². The first-order chi connectivity index (χ1) is 7.09. The molecule has 1 heterocycles. The SMILES string of the molecule is CC(C)N1CC[C@H](N)[C@H]1C(F)(F)C(F)(F)F. The van der Waals surface area contributed by atoms with Gasteiger partial charge >= 0.3 is 12.1 Å². The summed E-state index contributed by atoms with van der Waals surface area (Å²) < 4.78 is 63.3. The highest BCUT2D eigenvalue weighted by Gasteiger charge is 2.66. The number of halogens is 5. The first kappa shape index (κ1) is 13.6. The molecule has 1 aliphatic rings. The lowest BCUT2D eigenvalue weighted by atomic mass is 10.0. The number of nitrogens with zero attached hydrogens (tertiary/aromatic N) is 1. The van der Waals surface area contributed by atoms with Crippen LogP contribution in [0.2, 0.25) is 0 Å². The van der Waals surface area contributed by atoms with Crippen molar-refractivity contribution in [3.8, 4) is 0 Å². The summed E-state index contributed by atoms with van der Waals surface area (Å²) in [5, 5.41) is 0. The van der Waals surface area contributed by atoms with Crippen LogP contribution >= 0.6 is 0 Å². The summed E-state index contributed by atoms with van der Waals surface area (Å²) >= 11 is 0. The minimum atomic E-state index is -5.55. The Morgan fingerprint density at radius 3 is 2.06 bits per heavy atom. The third-order valence-electron chi connectivity index (χ3n) is 2.90. The molecule has 0 radical (unpaired) electrons. The molecule has 2 N–H and O–H groups in total. The highest BCUT2D eigenvalue weighted by Crippen LogP contribution is 2.43. The molecule has 0 aromatic carbocycles. The zero-order valence-corrected chi connectivity index (χ0v) is 9.06. The number of nitrogens with two attached hydrogens (primary N) is 1. The van der Waals surface area contributed by atoms with Crippen LogP contribution in [0.5, 0.6) is 0 Å². The van der Waals surface area contributed by atoms with Crippen molar-refractivity contribution >= 4 is 0 Å². The van der Waals surface area contributed by atoms with Gasteiger partial charge in [-0.3, -0.25) is 4.90 Å². The highest BCUT2D eigenvalue weighted by molar-refractivity contribution is 5.02. The van der Waals surface area contributed by atoms with Crippen LogP contribution in [0.25, 0.3) is 0 Å². The van der Waals surface area contributed by atoms with Gasteiger partial charge < -0.3 is 5.73 Å². The summed E-state index contributed by atoms with van der Waals surface area (Å²) in [6.45, 7) is 3.34. The van der Waals surface area contributed by atoms with E-state index in [-0.39, 0.29) is 19.0 Å². The molecule has 0 spiro atoms. The van der Waals surface area contributed by atoms with E-state index in [1.165, 1.54) is 0 Å². The number of rotatable bonds is 2. The van der Waals surface area contributed by atoms with E-state index in [1.807, 2.05) is 0 Å². The van der Waals surface area contributed by atoms with Crippen molar-refractivity contribution < 1.29 is 22.0 Å². The number of likely N-dealkylation sites (tertiary alicyclic amines) is 1. The molecule has 1 saturated heterocycles. The largest absolute Gasteiger partial charge is 0.455 e. The van der Waals surface area contributed by atoms with Crippen LogP contribution in [0.15, 0.2) is 0 Å². The zero-order chi connectivity index (χ0) is 12.7. The van der Waals surface area contributed by atoms with Crippen LogP contribution in [-0.4, -0.2) is 41.7 Å². The molecule has 0 aromatic rings. The first-order valence-corrected chi connectivity index (χ1v) is 5.05. The van der Waals surface area contributed by atoms with Crippen molar-refractivity contribution in [2.24, 2.45) is 5.73 Å². The Hall–Kier alpha value is -0.430. The van der Waals surface area contributed by atoms with Gasteiger partial charge in [-0.05, 0) is 20.3 Å². The molecule has 0 amide bonds. The molecule has 0 saturated carbocycles. The van der Waals surface area contributed by atoms with E-state index in [0.29, 0.717) is 0 Å². The van der Waals surface area contributed by atoms with Crippen LogP contribution in [0.4, 0.5) is 22.0 Å². The summed E-state index contributed by atoms with van der Waals surface area (Å²) in [5.41, 5.74) is 5.37. The van der Waals surface area contributed by atoms with Gasteiger partial charge in [-0.2, -0.15) is 22.0 Å². The molecular formula is C9H15F5N2. The second-order valence-electron chi connectivity index (χ2n) is 4.35. The van der Waals surface area contributed by atoms with Crippen molar-refractivity contribution in [2.45, 2.75) is 50.5 Å². The van der Waals surface area contributed by atoms with Crippen LogP contribution < -0.4 is 5.73 Å². The summed E-state index contributed by atoms with van der Waals surface area (Å²) in [6.07, 6.45) is -5.39. The minimum Gasteiger partial charge on any atom is -0.326 e. The lowest BCUT2D eigenvalue weighted by molar-refractivity contribution is -0.303.